The molecule has 3 aliphatic carbocycles. The maximum Gasteiger partial charge on any atom is 0.416 e. The van der Waals surface area contributed by atoms with Crippen molar-refractivity contribution in [1.29, 1.82) is 0 Å². The second kappa shape index (κ2) is 14.7. The molecule has 6 unspecified atom stereocenters. The highest BCUT2D eigenvalue weighted by molar-refractivity contribution is 6.33. The molecule has 1 aromatic carbocycles. The Morgan fingerprint density at radius 2 is 1.93 bits per heavy atom. The largest absolute Gasteiger partial charge is 0.504 e. The maximum absolute atomic E-state index is 14.6. The summed E-state index contributed by atoms with van der Waals surface area (Å²) in [6.07, 6.45) is 0.482. The van der Waals surface area contributed by atoms with E-state index in [4.69, 9.17) is 21.3 Å². The quantitative estimate of drug-likeness (QED) is 0.212. The predicted octanol–water partition coefficient (Wildman–Crippen LogP) is 6.22. The number of alkyl halides is 3. The number of benzene rings is 1. The number of aromatic hydroxyl groups is 1. The van der Waals surface area contributed by atoms with Crippen LogP contribution in [0.15, 0.2) is 35.4 Å². The fourth-order valence-electron chi connectivity index (χ4n) is 8.68. The summed E-state index contributed by atoms with van der Waals surface area (Å²) in [6, 6.07) is 2.47. The van der Waals surface area contributed by atoms with Crippen molar-refractivity contribution < 1.29 is 32.6 Å². The summed E-state index contributed by atoms with van der Waals surface area (Å²) in [7, 11) is 0. The van der Waals surface area contributed by atoms with Crippen molar-refractivity contribution in [3.05, 3.63) is 80.0 Å². The van der Waals surface area contributed by atoms with Gasteiger partial charge in [-0.15, -0.1) is 5.10 Å². The van der Waals surface area contributed by atoms with Crippen LogP contribution in [0, 0.1) is 24.7 Å². The van der Waals surface area contributed by atoms with Gasteiger partial charge in [0.1, 0.15) is 12.9 Å². The van der Waals surface area contributed by atoms with Gasteiger partial charge in [0, 0.05) is 29.8 Å². The molecule has 8 rings (SSSR count). The molecule has 292 valence electrons. The van der Waals surface area contributed by atoms with E-state index in [1.165, 1.54) is 10.8 Å². The van der Waals surface area contributed by atoms with Crippen LogP contribution in [0.1, 0.15) is 97.6 Å². The molecule has 0 saturated heterocycles. The van der Waals surface area contributed by atoms with Gasteiger partial charge in [-0.2, -0.15) is 22.7 Å². The zero-order valence-corrected chi connectivity index (χ0v) is 31.8. The minimum Gasteiger partial charge on any atom is -0.504 e. The number of carbonyl (C=O) groups excluding carboxylic acids is 2. The molecule has 55 heavy (non-hydrogen) atoms. The number of rotatable bonds is 8. The summed E-state index contributed by atoms with van der Waals surface area (Å²) < 4.78 is 48.3. The summed E-state index contributed by atoms with van der Waals surface area (Å²) in [4.78, 5) is 56.7. The maximum atomic E-state index is 14.6. The fraction of sp³-hybridized carbons (Fsp3) is 0.500. The zero-order chi connectivity index (χ0) is 39.5. The van der Waals surface area contributed by atoms with Crippen molar-refractivity contribution in [3.8, 4) is 5.75 Å². The molecule has 2 amide bonds. The summed E-state index contributed by atoms with van der Waals surface area (Å²) in [5.74, 6) is -0.933. The van der Waals surface area contributed by atoms with E-state index in [9.17, 15) is 32.7 Å². The lowest BCUT2D eigenvalue weighted by Crippen LogP contribution is -2.52. The van der Waals surface area contributed by atoms with E-state index in [1.807, 2.05) is 26.8 Å². The fourth-order valence-corrected chi connectivity index (χ4v) is 8.91. The van der Waals surface area contributed by atoms with Gasteiger partial charge < -0.3 is 24.6 Å². The van der Waals surface area contributed by atoms with Gasteiger partial charge in [-0.05, 0) is 80.6 Å². The van der Waals surface area contributed by atoms with Gasteiger partial charge >= 0.3 is 6.18 Å². The first-order valence-corrected chi connectivity index (χ1v) is 19.0. The van der Waals surface area contributed by atoms with Crippen LogP contribution in [0.2, 0.25) is 5.02 Å². The first kappa shape index (κ1) is 38.4. The Hall–Kier alpha value is -4.83. The number of amides is 2. The van der Waals surface area contributed by atoms with Crippen LogP contribution in [0.4, 0.5) is 18.9 Å². The minimum atomic E-state index is -4.61. The van der Waals surface area contributed by atoms with E-state index in [-0.39, 0.29) is 75.7 Å². The number of nitrogens with zero attached hydrogens (tertiary/aromatic N) is 7. The van der Waals surface area contributed by atoms with Gasteiger partial charge in [0.05, 0.1) is 35.2 Å². The molecule has 13 nitrogen and oxygen atoms in total. The molecular weight excluding hydrogens is 741 g/mol. The Bertz CT molecular complexity index is 2270. The second-order valence-electron chi connectivity index (χ2n) is 14.2. The number of anilines is 1. The molecule has 6 atom stereocenters. The summed E-state index contributed by atoms with van der Waals surface area (Å²) in [6.45, 7) is 10.4. The number of aryl methyl sites for hydroxylation is 1. The standard InChI is InChI=1S/C36H36ClF3N8O5.C2H6/c1-4-46(34(52)29-31(50)17(3)41-15-42-29)23-8-6-20(23)27-25-16(2)26(25)30-28(27)33(51)48-35(44-32(45-48)18-9-11-53-12-10-18)47(30)14-24(49)43-22-7-5-19(13-21(22)37)36(38,39)40;1-2/h5,7,9,13,15-16,20,23,25-27,50H,4,6,8,10-12,14H2,1-3H3,(H,43,49);1-2H3. The number of ether oxygens (including phenoxy) is 1. The van der Waals surface area contributed by atoms with Crippen molar-refractivity contribution in [2.24, 2.45) is 17.8 Å². The van der Waals surface area contributed by atoms with Gasteiger partial charge in [0.25, 0.3) is 11.5 Å². The van der Waals surface area contributed by atoms with Crippen LogP contribution >= 0.6 is 11.6 Å². The van der Waals surface area contributed by atoms with Gasteiger partial charge in [0.2, 0.25) is 11.7 Å². The lowest BCUT2D eigenvalue weighted by Gasteiger charge is -2.47. The second-order valence-corrected chi connectivity index (χ2v) is 14.6. The van der Waals surface area contributed by atoms with E-state index in [1.54, 1.807) is 16.4 Å². The Morgan fingerprint density at radius 1 is 1.16 bits per heavy atom. The molecule has 3 aromatic heterocycles. The average molecular weight is 783 g/mol. The highest BCUT2D eigenvalue weighted by Gasteiger charge is 2.65. The van der Waals surface area contributed by atoms with Crippen molar-refractivity contribution in [3.63, 3.8) is 0 Å². The third kappa shape index (κ3) is 6.56. The molecular formula is C38H42ClF3N8O5. The van der Waals surface area contributed by atoms with Crippen LogP contribution in [0.25, 0.3) is 11.4 Å². The highest BCUT2D eigenvalue weighted by Crippen LogP contribution is 2.70. The number of nitrogens with one attached hydrogen (secondary N) is 1. The van der Waals surface area contributed by atoms with Gasteiger partial charge in [-0.3, -0.25) is 14.4 Å². The van der Waals surface area contributed by atoms with Gasteiger partial charge in [-0.25, -0.2) is 9.97 Å². The first-order chi connectivity index (χ1) is 26.3. The molecule has 2 N–H and O–H groups in total. The molecule has 4 aromatic rings. The average Bonchev–Trinajstić information content (AvgIpc) is 3.44. The van der Waals surface area contributed by atoms with E-state index < -0.39 is 23.6 Å². The topological polar surface area (TPSA) is 157 Å². The third-order valence-electron chi connectivity index (χ3n) is 11.4. The monoisotopic (exact) mass is 782 g/mol. The summed E-state index contributed by atoms with van der Waals surface area (Å²) in [5, 5.41) is 17.7. The number of aromatic nitrogens is 6. The van der Waals surface area contributed by atoms with Crippen molar-refractivity contribution in [1.82, 2.24) is 34.0 Å². The van der Waals surface area contributed by atoms with Crippen LogP contribution in [-0.2, 0) is 22.3 Å². The zero-order valence-electron chi connectivity index (χ0n) is 31.0. The smallest absolute Gasteiger partial charge is 0.416 e. The molecule has 4 aliphatic rings. The van der Waals surface area contributed by atoms with E-state index in [0.717, 1.165) is 30.2 Å². The van der Waals surface area contributed by atoms with Crippen molar-refractivity contribution in [2.45, 2.75) is 84.5 Å². The molecule has 4 heterocycles. The number of hydrogen-bond donors (Lipinski definition) is 2. The molecule has 1 aliphatic heterocycles. The molecule has 0 bridgehead atoms. The lowest BCUT2D eigenvalue weighted by molar-refractivity contribution is -0.137. The normalized spacial score (nSPS) is 23.8. The van der Waals surface area contributed by atoms with Crippen molar-refractivity contribution >= 4 is 40.5 Å². The van der Waals surface area contributed by atoms with E-state index >= 15 is 0 Å². The minimum absolute atomic E-state index is 0.00925. The predicted molar refractivity (Wildman–Crippen MR) is 197 cm³/mol. The third-order valence-corrected chi connectivity index (χ3v) is 11.7. The number of hydrogen-bond acceptors (Lipinski definition) is 9. The number of carbonyl (C=O) groups is 2. The lowest BCUT2D eigenvalue weighted by atomic mass is 9.67. The number of fused-ring (bicyclic) bond motifs is 4. The van der Waals surface area contributed by atoms with Crippen LogP contribution in [-0.4, -0.2) is 76.8 Å². The first-order valence-electron chi connectivity index (χ1n) is 18.6. The Labute approximate surface area is 319 Å². The van der Waals surface area contributed by atoms with Crippen LogP contribution < -0.4 is 10.9 Å². The SMILES string of the molecule is CC.CCN(C(=O)c1ncnc(C)c1O)C1CCC1C1c2c(n(CC(=O)Nc3ccc(C(F)(F)F)cc3Cl)c3nc(C4=CCOCC4)nn3c2=O)C2C(C)C21. The summed E-state index contributed by atoms with van der Waals surface area (Å²) >= 11 is 6.18. The molecule has 0 spiro atoms. The van der Waals surface area contributed by atoms with Crippen LogP contribution in [0.3, 0.4) is 0 Å². The van der Waals surface area contributed by atoms with Gasteiger partial charge in [0.15, 0.2) is 17.3 Å². The van der Waals surface area contributed by atoms with E-state index in [0.29, 0.717) is 55.4 Å². The highest BCUT2D eigenvalue weighted by atomic mass is 35.5. The Balaban J connectivity index is 0.00000229. The molecule has 17 heteroatoms. The Kier molecular flexibility index (Phi) is 10.3. The number of halogens is 4. The van der Waals surface area contributed by atoms with E-state index in [2.05, 4.69) is 27.3 Å². The molecule has 2 fully saturated rings. The summed E-state index contributed by atoms with van der Waals surface area (Å²) in [5.41, 5.74) is 0.968. The molecule has 0 radical (unpaired) electrons. The van der Waals surface area contributed by atoms with Gasteiger partial charge in [-0.1, -0.05) is 38.4 Å². The van der Waals surface area contributed by atoms with Crippen LogP contribution in [0.5, 0.6) is 5.75 Å². The molecule has 2 saturated carbocycles. The Morgan fingerprint density at radius 3 is 2.56 bits per heavy atom. The van der Waals surface area contributed by atoms with Crippen molar-refractivity contribution in [2.75, 3.05) is 25.1 Å².